The number of rotatable bonds is 0. The van der Waals surface area contributed by atoms with Crippen molar-refractivity contribution < 1.29 is 10.2 Å². The minimum Gasteiger partial charge on any atom is -0.505 e. The maximum absolute atomic E-state index is 10.7. The number of phenols is 1. The van der Waals surface area contributed by atoms with Crippen LogP contribution in [0.1, 0.15) is 11.1 Å². The van der Waals surface area contributed by atoms with E-state index in [2.05, 4.69) is 0 Å². The molecule has 0 aromatic heterocycles. The number of phenolic OH excluding ortho intramolecular Hbond substituents is 1. The summed E-state index contributed by atoms with van der Waals surface area (Å²) >= 11 is 55.8. The van der Waals surface area contributed by atoms with E-state index < -0.39 is 16.2 Å². The van der Waals surface area contributed by atoms with Gasteiger partial charge in [-0.3, -0.25) is 0 Å². The molecular formula is C14H3Cl9O2. The van der Waals surface area contributed by atoms with Crippen molar-refractivity contribution in [3.63, 3.8) is 0 Å². The van der Waals surface area contributed by atoms with Crippen molar-refractivity contribution in [2.24, 2.45) is 0 Å². The van der Waals surface area contributed by atoms with Gasteiger partial charge in [0.1, 0.15) is 10.4 Å². The Balaban J connectivity index is 2.69. The molecule has 1 aliphatic carbocycles. The molecule has 0 saturated heterocycles. The third kappa shape index (κ3) is 2.73. The van der Waals surface area contributed by atoms with Crippen LogP contribution in [0.15, 0.2) is 5.03 Å². The molecule has 0 spiro atoms. The smallest absolute Gasteiger partial charge is 0.188 e. The van der Waals surface area contributed by atoms with Crippen LogP contribution in [0, 0.1) is 0 Å². The molecule has 25 heavy (non-hydrogen) atoms. The van der Waals surface area contributed by atoms with Crippen molar-refractivity contribution in [1.82, 2.24) is 0 Å². The molecule has 2 aromatic rings. The van der Waals surface area contributed by atoms with Gasteiger partial charge in [0, 0.05) is 21.9 Å². The van der Waals surface area contributed by atoms with Crippen LogP contribution in [0.5, 0.6) is 5.75 Å². The lowest BCUT2D eigenvalue weighted by atomic mass is 9.90. The molecule has 11 heteroatoms. The van der Waals surface area contributed by atoms with Crippen LogP contribution in [-0.2, 0) is 5.06 Å². The molecule has 0 aliphatic heterocycles. The van der Waals surface area contributed by atoms with Gasteiger partial charge in [0.05, 0.1) is 30.2 Å². The van der Waals surface area contributed by atoms with Crippen LogP contribution in [0.25, 0.3) is 15.8 Å². The highest BCUT2D eigenvalue weighted by Crippen LogP contribution is 2.58. The molecule has 0 heterocycles. The number of halogens is 9. The van der Waals surface area contributed by atoms with E-state index in [0.29, 0.717) is 0 Å². The molecule has 2 nitrogen and oxygen atoms in total. The van der Waals surface area contributed by atoms with Crippen molar-refractivity contribution in [3.8, 4) is 5.75 Å². The van der Waals surface area contributed by atoms with Gasteiger partial charge >= 0.3 is 0 Å². The van der Waals surface area contributed by atoms with E-state index in [1.165, 1.54) is 0 Å². The highest BCUT2D eigenvalue weighted by Gasteiger charge is 2.47. The third-order valence-corrected chi connectivity index (χ3v) is 7.79. The second-order valence-corrected chi connectivity index (χ2v) is 8.80. The van der Waals surface area contributed by atoms with Gasteiger partial charge in [-0.2, -0.15) is 0 Å². The van der Waals surface area contributed by atoms with Crippen LogP contribution < -0.4 is 0 Å². The number of fused-ring (bicyclic) bond motifs is 2. The molecule has 2 N–H and O–H groups in total. The van der Waals surface area contributed by atoms with Gasteiger partial charge in [-0.05, 0) is 0 Å². The zero-order valence-corrected chi connectivity index (χ0v) is 18.2. The van der Waals surface area contributed by atoms with E-state index in [4.69, 9.17) is 104 Å². The van der Waals surface area contributed by atoms with Crippen molar-refractivity contribution >= 4 is 120 Å². The lowest BCUT2D eigenvalue weighted by Gasteiger charge is -2.35. The van der Waals surface area contributed by atoms with Crippen LogP contribution in [0.3, 0.4) is 0 Å². The Labute approximate surface area is 186 Å². The summed E-state index contributed by atoms with van der Waals surface area (Å²) in [4.78, 5) is 0. The average Bonchev–Trinajstić information content (AvgIpc) is 2.55. The topological polar surface area (TPSA) is 40.5 Å². The Morgan fingerprint density at radius 3 is 1.84 bits per heavy atom. The first kappa shape index (κ1) is 20.5. The number of hydrogen-bond donors (Lipinski definition) is 2. The number of hydrogen-bond acceptors (Lipinski definition) is 2. The Morgan fingerprint density at radius 2 is 1.28 bits per heavy atom. The summed E-state index contributed by atoms with van der Waals surface area (Å²) in [6.45, 7) is 0. The van der Waals surface area contributed by atoms with E-state index in [1.807, 2.05) is 0 Å². The predicted molar refractivity (Wildman–Crippen MR) is 109 cm³/mol. The largest absolute Gasteiger partial charge is 0.505 e. The van der Waals surface area contributed by atoms with Gasteiger partial charge in [0.2, 0.25) is 0 Å². The monoisotopic (exact) mass is 518 g/mol. The molecule has 3 rings (SSSR count). The summed E-state index contributed by atoms with van der Waals surface area (Å²) in [5, 5.41) is 16.4. The number of benzene rings is 2. The van der Waals surface area contributed by atoms with Gasteiger partial charge in [-0.1, -0.05) is 92.8 Å². The van der Waals surface area contributed by atoms with Crippen molar-refractivity contribution in [1.29, 1.82) is 0 Å². The molecule has 0 bridgehead atoms. The Hall–Kier alpha value is 0.810. The Morgan fingerprint density at radius 1 is 0.760 bits per heavy atom. The SMILES string of the molecule is Oc1c(Cl)c(Cl)c2c(Cl)c3c(c(Cl)c2c1Cl)C(O)(Cl)C(Cl)C(Cl)=C3Cl. The highest BCUT2D eigenvalue weighted by atomic mass is 35.5. The minimum atomic E-state index is -2.24. The fourth-order valence-corrected chi connectivity index (χ4v) is 5.57. The number of aromatic hydroxyl groups is 1. The third-order valence-electron chi connectivity index (χ3n) is 3.76. The van der Waals surface area contributed by atoms with Gasteiger partial charge < -0.3 is 10.2 Å². The maximum Gasteiger partial charge on any atom is 0.188 e. The van der Waals surface area contributed by atoms with E-state index in [0.717, 1.165) is 0 Å². The molecule has 2 unspecified atom stereocenters. The molecule has 134 valence electrons. The van der Waals surface area contributed by atoms with Gasteiger partial charge in [-0.25, -0.2) is 0 Å². The second kappa shape index (κ2) is 6.70. The summed E-state index contributed by atoms with van der Waals surface area (Å²) in [6, 6.07) is 0. The minimum absolute atomic E-state index is 0.0319. The van der Waals surface area contributed by atoms with Crippen LogP contribution in [0.2, 0.25) is 25.1 Å². The number of aliphatic hydroxyl groups is 1. The van der Waals surface area contributed by atoms with Crippen LogP contribution >= 0.6 is 104 Å². The van der Waals surface area contributed by atoms with Crippen molar-refractivity contribution in [3.05, 3.63) is 41.3 Å². The van der Waals surface area contributed by atoms with Crippen LogP contribution in [-0.4, -0.2) is 15.6 Å². The fraction of sp³-hybridized carbons (Fsp3) is 0.143. The number of alkyl halides is 2. The normalized spacial score (nSPS) is 23.4. The first-order chi connectivity index (χ1) is 11.4. The Kier molecular flexibility index (Phi) is 5.51. The van der Waals surface area contributed by atoms with E-state index in [-0.39, 0.29) is 57.1 Å². The molecular weight excluding hydrogens is 519 g/mol. The molecule has 0 radical (unpaired) electrons. The van der Waals surface area contributed by atoms with Crippen LogP contribution in [0.4, 0.5) is 0 Å². The summed E-state index contributed by atoms with van der Waals surface area (Å²) in [5.41, 5.74) is -0.0672. The quantitative estimate of drug-likeness (QED) is 0.272. The lowest BCUT2D eigenvalue weighted by Crippen LogP contribution is -2.35. The molecule has 0 amide bonds. The fourth-order valence-electron chi connectivity index (χ4n) is 2.59. The van der Waals surface area contributed by atoms with Crippen molar-refractivity contribution in [2.75, 3.05) is 0 Å². The van der Waals surface area contributed by atoms with Gasteiger partial charge in [-0.15, -0.1) is 11.6 Å². The molecule has 2 atom stereocenters. The second-order valence-electron chi connectivity index (χ2n) is 5.12. The predicted octanol–water partition coefficient (Wildman–Crippen LogP) is 7.96. The zero-order chi connectivity index (χ0) is 19.0. The molecule has 1 aliphatic rings. The summed E-state index contributed by atoms with van der Waals surface area (Å²) < 4.78 is 0. The summed E-state index contributed by atoms with van der Waals surface area (Å²) in [5.74, 6) is -0.505. The molecule has 2 aromatic carbocycles. The van der Waals surface area contributed by atoms with E-state index in [9.17, 15) is 10.2 Å². The standard InChI is InChI=1S/C14H3Cl9O2/c15-5-1-2(9(19)12(24)10(20)7(1)17)6(16)4-3(5)8(18)11(21)13(22)14(4,23)25/h13,24-25H. The van der Waals surface area contributed by atoms with Gasteiger partial charge in [0.25, 0.3) is 0 Å². The van der Waals surface area contributed by atoms with E-state index >= 15 is 0 Å². The highest BCUT2D eigenvalue weighted by molar-refractivity contribution is 6.61. The Bertz CT molecular complexity index is 981. The average molecular weight is 522 g/mol. The maximum atomic E-state index is 10.7. The summed E-state index contributed by atoms with van der Waals surface area (Å²) in [7, 11) is 0. The van der Waals surface area contributed by atoms with Gasteiger partial charge in [0.15, 0.2) is 10.8 Å². The van der Waals surface area contributed by atoms with E-state index in [1.54, 1.807) is 0 Å². The lowest BCUT2D eigenvalue weighted by molar-refractivity contribution is 0.133. The molecule has 0 saturated carbocycles. The first-order valence-electron chi connectivity index (χ1n) is 6.25. The first-order valence-corrected chi connectivity index (χ1v) is 9.71. The summed E-state index contributed by atoms with van der Waals surface area (Å²) in [6.07, 6.45) is 0. The van der Waals surface area contributed by atoms with Crippen molar-refractivity contribution in [2.45, 2.75) is 10.4 Å². The molecule has 0 fully saturated rings. The zero-order valence-electron chi connectivity index (χ0n) is 11.4.